The van der Waals surface area contributed by atoms with Crippen LogP contribution in [0.3, 0.4) is 0 Å². The summed E-state index contributed by atoms with van der Waals surface area (Å²) in [5.74, 6) is 1.07. The lowest BCUT2D eigenvalue weighted by Gasteiger charge is -2.22. The third-order valence-corrected chi connectivity index (χ3v) is 5.42. The zero-order valence-electron chi connectivity index (χ0n) is 16.5. The highest BCUT2D eigenvalue weighted by Gasteiger charge is 2.23. The Labute approximate surface area is 165 Å². The van der Waals surface area contributed by atoms with Gasteiger partial charge in [0.15, 0.2) is 0 Å². The van der Waals surface area contributed by atoms with Crippen LogP contribution in [-0.2, 0) is 0 Å². The number of H-pyrrole nitrogens is 1. The Bertz CT molecular complexity index is 947. The van der Waals surface area contributed by atoms with E-state index in [0.29, 0.717) is 6.04 Å². The SMILES string of the molecule is CN(C)c1ccc(N[C@@H]2CCCN(C(=O)c3cccc4[nH]ccc34)CC2)cn1. The number of carbonyl (C=O) groups is 1. The number of nitrogens with zero attached hydrogens (tertiary/aromatic N) is 3. The molecule has 1 fully saturated rings. The Morgan fingerprint density at radius 3 is 2.86 bits per heavy atom. The highest BCUT2D eigenvalue weighted by molar-refractivity contribution is 6.06. The summed E-state index contributed by atoms with van der Waals surface area (Å²) in [4.78, 5) is 24.7. The molecule has 0 spiro atoms. The van der Waals surface area contributed by atoms with Crippen LogP contribution in [0.25, 0.3) is 10.9 Å². The number of aromatic amines is 1. The van der Waals surface area contributed by atoms with E-state index < -0.39 is 0 Å². The van der Waals surface area contributed by atoms with Gasteiger partial charge in [-0.2, -0.15) is 0 Å². The molecule has 1 aromatic carbocycles. The first-order valence-corrected chi connectivity index (χ1v) is 9.87. The topological polar surface area (TPSA) is 64.3 Å². The first-order valence-electron chi connectivity index (χ1n) is 9.87. The molecule has 1 atom stereocenters. The number of carbonyl (C=O) groups excluding carboxylic acids is 1. The smallest absolute Gasteiger partial charge is 0.254 e. The third-order valence-electron chi connectivity index (χ3n) is 5.42. The fourth-order valence-corrected chi connectivity index (χ4v) is 3.86. The molecular weight excluding hydrogens is 350 g/mol. The molecule has 28 heavy (non-hydrogen) atoms. The Morgan fingerprint density at radius 1 is 1.18 bits per heavy atom. The lowest BCUT2D eigenvalue weighted by Crippen LogP contribution is -2.32. The number of pyridine rings is 1. The second-order valence-electron chi connectivity index (χ2n) is 7.61. The zero-order valence-corrected chi connectivity index (χ0v) is 16.5. The maximum atomic E-state index is 13.1. The molecule has 4 rings (SSSR count). The van der Waals surface area contributed by atoms with Crippen molar-refractivity contribution < 1.29 is 4.79 Å². The minimum atomic E-state index is 0.128. The van der Waals surface area contributed by atoms with Gasteiger partial charge >= 0.3 is 0 Å². The van der Waals surface area contributed by atoms with Crippen molar-refractivity contribution in [1.82, 2.24) is 14.9 Å². The largest absolute Gasteiger partial charge is 0.381 e. The standard InChI is InChI=1S/C22H27N5O/c1-26(2)21-9-8-17(15-24-21)25-16-5-4-13-27(14-11-16)22(28)19-6-3-7-20-18(19)10-12-23-20/h3,6-10,12,15-16,23,25H,4-5,11,13-14H2,1-2H3/t16-/m1/s1. The molecule has 0 bridgehead atoms. The van der Waals surface area contributed by atoms with Crippen LogP contribution < -0.4 is 10.2 Å². The number of aromatic nitrogens is 2. The second-order valence-corrected chi connectivity index (χ2v) is 7.61. The molecule has 6 heteroatoms. The van der Waals surface area contributed by atoms with Gasteiger partial charge in [-0.15, -0.1) is 0 Å². The number of hydrogen-bond donors (Lipinski definition) is 2. The monoisotopic (exact) mass is 377 g/mol. The predicted octanol–water partition coefficient (Wildman–Crippen LogP) is 3.74. The second kappa shape index (κ2) is 7.92. The van der Waals surface area contributed by atoms with Crippen molar-refractivity contribution in [1.29, 1.82) is 0 Å². The van der Waals surface area contributed by atoms with Gasteiger partial charge in [0, 0.05) is 55.9 Å². The van der Waals surface area contributed by atoms with Gasteiger partial charge in [0.2, 0.25) is 0 Å². The van der Waals surface area contributed by atoms with Gasteiger partial charge in [0.05, 0.1) is 11.9 Å². The minimum Gasteiger partial charge on any atom is -0.381 e. The number of nitrogens with one attached hydrogen (secondary N) is 2. The molecule has 3 aromatic rings. The van der Waals surface area contributed by atoms with E-state index in [1.807, 2.05) is 66.6 Å². The number of amides is 1. The van der Waals surface area contributed by atoms with Crippen LogP contribution in [-0.4, -0.2) is 54.0 Å². The molecule has 2 aromatic heterocycles. The Hall–Kier alpha value is -3.02. The van der Waals surface area contributed by atoms with Gasteiger partial charge in [0.25, 0.3) is 5.91 Å². The van der Waals surface area contributed by atoms with E-state index in [1.165, 1.54) is 0 Å². The highest BCUT2D eigenvalue weighted by Crippen LogP contribution is 2.22. The molecule has 0 saturated carbocycles. The van der Waals surface area contributed by atoms with Crippen molar-refractivity contribution in [2.75, 3.05) is 37.4 Å². The molecule has 1 saturated heterocycles. The normalized spacial score (nSPS) is 17.4. The summed E-state index contributed by atoms with van der Waals surface area (Å²) in [6.45, 7) is 1.57. The summed E-state index contributed by atoms with van der Waals surface area (Å²) in [5, 5.41) is 4.59. The van der Waals surface area contributed by atoms with E-state index in [0.717, 1.165) is 60.3 Å². The first-order chi connectivity index (χ1) is 13.6. The summed E-state index contributed by atoms with van der Waals surface area (Å²) in [6.07, 6.45) is 6.75. The van der Waals surface area contributed by atoms with Gasteiger partial charge in [0.1, 0.15) is 5.82 Å². The molecule has 1 amide bonds. The molecule has 0 radical (unpaired) electrons. The maximum Gasteiger partial charge on any atom is 0.254 e. The molecule has 2 N–H and O–H groups in total. The number of fused-ring (bicyclic) bond motifs is 1. The van der Waals surface area contributed by atoms with Crippen molar-refractivity contribution in [3.05, 3.63) is 54.4 Å². The summed E-state index contributed by atoms with van der Waals surface area (Å²) in [7, 11) is 3.97. The highest BCUT2D eigenvalue weighted by atomic mass is 16.2. The molecule has 6 nitrogen and oxygen atoms in total. The van der Waals surface area contributed by atoms with Gasteiger partial charge in [-0.3, -0.25) is 4.79 Å². The molecule has 0 unspecified atom stereocenters. The molecule has 1 aliphatic rings. The number of likely N-dealkylation sites (tertiary alicyclic amines) is 1. The van der Waals surface area contributed by atoms with Crippen LogP contribution in [0.1, 0.15) is 29.6 Å². The van der Waals surface area contributed by atoms with E-state index in [9.17, 15) is 4.79 Å². The van der Waals surface area contributed by atoms with Crippen LogP contribution in [0.2, 0.25) is 0 Å². The Kier molecular flexibility index (Phi) is 5.19. The summed E-state index contributed by atoms with van der Waals surface area (Å²) in [6, 6.07) is 12.3. The Balaban J connectivity index is 1.41. The van der Waals surface area contributed by atoms with E-state index in [1.54, 1.807) is 0 Å². The molecule has 3 heterocycles. The van der Waals surface area contributed by atoms with Crippen LogP contribution in [0.5, 0.6) is 0 Å². The number of hydrogen-bond acceptors (Lipinski definition) is 4. The fourth-order valence-electron chi connectivity index (χ4n) is 3.86. The first kappa shape index (κ1) is 18.3. The minimum absolute atomic E-state index is 0.128. The van der Waals surface area contributed by atoms with E-state index in [2.05, 4.69) is 21.4 Å². The summed E-state index contributed by atoms with van der Waals surface area (Å²) >= 11 is 0. The van der Waals surface area contributed by atoms with E-state index in [4.69, 9.17) is 0 Å². The van der Waals surface area contributed by atoms with Crippen LogP contribution in [0.4, 0.5) is 11.5 Å². The third kappa shape index (κ3) is 3.81. The lowest BCUT2D eigenvalue weighted by atomic mass is 10.1. The van der Waals surface area contributed by atoms with Gasteiger partial charge < -0.3 is 20.1 Å². The fraction of sp³-hybridized carbons (Fsp3) is 0.364. The number of rotatable bonds is 4. The molecule has 1 aliphatic heterocycles. The van der Waals surface area contributed by atoms with E-state index >= 15 is 0 Å². The van der Waals surface area contributed by atoms with Gasteiger partial charge in [-0.25, -0.2) is 4.98 Å². The predicted molar refractivity (Wildman–Crippen MR) is 114 cm³/mol. The van der Waals surface area contributed by atoms with Crippen molar-refractivity contribution in [2.45, 2.75) is 25.3 Å². The zero-order chi connectivity index (χ0) is 19.5. The van der Waals surface area contributed by atoms with Crippen LogP contribution >= 0.6 is 0 Å². The molecule has 0 aliphatic carbocycles. The number of benzene rings is 1. The Morgan fingerprint density at radius 2 is 2.07 bits per heavy atom. The molecule has 146 valence electrons. The maximum absolute atomic E-state index is 13.1. The van der Waals surface area contributed by atoms with Crippen LogP contribution in [0, 0.1) is 0 Å². The average molecular weight is 377 g/mol. The van der Waals surface area contributed by atoms with Crippen molar-refractivity contribution in [3.63, 3.8) is 0 Å². The van der Waals surface area contributed by atoms with Crippen molar-refractivity contribution >= 4 is 28.3 Å². The van der Waals surface area contributed by atoms with Crippen LogP contribution in [0.15, 0.2) is 48.8 Å². The average Bonchev–Trinajstić information content (AvgIpc) is 3.07. The van der Waals surface area contributed by atoms with Gasteiger partial charge in [-0.05, 0) is 49.6 Å². The van der Waals surface area contributed by atoms with E-state index in [-0.39, 0.29) is 5.91 Å². The quantitative estimate of drug-likeness (QED) is 0.727. The summed E-state index contributed by atoms with van der Waals surface area (Å²) < 4.78 is 0. The van der Waals surface area contributed by atoms with Crippen molar-refractivity contribution in [2.24, 2.45) is 0 Å². The van der Waals surface area contributed by atoms with Gasteiger partial charge in [-0.1, -0.05) is 6.07 Å². The lowest BCUT2D eigenvalue weighted by molar-refractivity contribution is 0.0763. The summed E-state index contributed by atoms with van der Waals surface area (Å²) in [5.41, 5.74) is 2.83. The van der Waals surface area contributed by atoms with Crippen molar-refractivity contribution in [3.8, 4) is 0 Å². The molecular formula is C22H27N5O. The number of anilines is 2.